The average molecular weight is 732 g/mol. The number of halogens is 21. The Balaban J connectivity index is 0. The van der Waals surface area contributed by atoms with E-state index in [0.717, 1.165) is 0 Å². The summed E-state index contributed by atoms with van der Waals surface area (Å²) in [7, 11) is -0.153. The molecule has 0 unspecified atom stereocenters. The van der Waals surface area contributed by atoms with Crippen LogP contribution < -0.4 is 0 Å². The summed E-state index contributed by atoms with van der Waals surface area (Å²) < 4.78 is 218. The zero-order chi connectivity index (χ0) is 32.2. The van der Waals surface area contributed by atoms with Crippen LogP contribution in [0.3, 0.4) is 0 Å². The molecular formula is C16H19Cl4F17Si2. The molecule has 0 aromatic carbocycles. The molecule has 0 aliphatic heterocycles. The quantitative estimate of drug-likeness (QED) is 0.0722. The lowest BCUT2D eigenvalue weighted by molar-refractivity contribution is -0.458. The van der Waals surface area contributed by atoms with Crippen LogP contribution in [0.4, 0.5) is 74.6 Å². The van der Waals surface area contributed by atoms with Crippen LogP contribution in [0.25, 0.3) is 0 Å². The summed E-state index contributed by atoms with van der Waals surface area (Å²) in [4.78, 5) is 0. The van der Waals surface area contributed by atoms with Gasteiger partial charge < -0.3 is 0 Å². The minimum absolute atomic E-state index is 0.153. The van der Waals surface area contributed by atoms with Gasteiger partial charge in [-0.25, -0.2) is 0 Å². The van der Waals surface area contributed by atoms with E-state index in [1.54, 1.807) is 0 Å². The van der Waals surface area contributed by atoms with Crippen molar-refractivity contribution in [3.05, 3.63) is 0 Å². The van der Waals surface area contributed by atoms with Crippen LogP contribution in [0.15, 0.2) is 0 Å². The van der Waals surface area contributed by atoms with E-state index in [0.29, 0.717) is 0 Å². The number of hydrogen-bond donors (Lipinski definition) is 0. The molecule has 0 rings (SSSR count). The molecule has 0 atom stereocenters. The lowest BCUT2D eigenvalue weighted by Gasteiger charge is -2.43. The van der Waals surface area contributed by atoms with Crippen LogP contribution in [0.5, 0.6) is 0 Å². The predicted molar refractivity (Wildman–Crippen MR) is 117 cm³/mol. The summed E-state index contributed by atoms with van der Waals surface area (Å²) in [6.07, 6.45) is 0.628. The Bertz CT molecular complexity index is 694. The number of alkyl halides is 17. The number of unbranched alkanes of at least 4 members (excludes halogenated alkanes) is 5. The Morgan fingerprint density at radius 3 is 1.10 bits per heavy atom. The lowest BCUT2D eigenvalue weighted by Crippen LogP contribution is -2.75. The fourth-order valence-corrected chi connectivity index (χ4v) is 5.08. The summed E-state index contributed by atoms with van der Waals surface area (Å²) in [6.45, 7) is 2.26. The van der Waals surface area contributed by atoms with Crippen molar-refractivity contribution in [2.75, 3.05) is 0 Å². The molecular weight excluding hydrogens is 713 g/mol. The maximum absolute atomic E-state index is 13.2. The van der Waals surface area contributed by atoms with Gasteiger partial charge >= 0.3 is 53.3 Å². The van der Waals surface area contributed by atoms with Gasteiger partial charge in [0.05, 0.1) is 0 Å². The molecule has 39 heavy (non-hydrogen) atoms. The fourth-order valence-electron chi connectivity index (χ4n) is 2.39. The van der Waals surface area contributed by atoms with E-state index in [-0.39, 0.29) is 8.83 Å². The first-order valence-electron chi connectivity index (χ1n) is 10.3. The molecule has 0 fully saturated rings. The summed E-state index contributed by atoms with van der Waals surface area (Å²) in [6, 6.07) is -5.28. The van der Waals surface area contributed by atoms with Crippen molar-refractivity contribution in [2.45, 2.75) is 98.8 Å². The molecule has 0 aliphatic rings. The molecule has 0 saturated carbocycles. The van der Waals surface area contributed by atoms with Crippen molar-refractivity contribution in [2.24, 2.45) is 0 Å². The van der Waals surface area contributed by atoms with Crippen molar-refractivity contribution in [3.63, 3.8) is 0 Å². The molecule has 0 aliphatic carbocycles. The Kier molecular flexibility index (Phi) is 14.7. The standard InChI is InChI=1S/C8Cl3F17Si.C8H19ClSi/c9-29(10,11)8(27,28)6(22,23)4(18,19)2(14,15)1(12,13)3(16,17)5(20,21)7(24,25)26;1-2-3-4-5-6-7-8-10-9/h;2-8,10H2,1H3. The Morgan fingerprint density at radius 2 is 0.795 bits per heavy atom. The van der Waals surface area contributed by atoms with Gasteiger partial charge in [0.15, 0.2) is 0 Å². The third-order valence-electron chi connectivity index (χ3n) is 4.82. The minimum atomic E-state index is -8.70. The average Bonchev–Trinajstić information content (AvgIpc) is 2.74. The summed E-state index contributed by atoms with van der Waals surface area (Å²) in [5.41, 5.74) is -6.94. The fraction of sp³-hybridized carbons (Fsp3) is 1.00. The molecule has 0 aromatic rings. The highest BCUT2D eigenvalue weighted by Gasteiger charge is 2.96. The van der Waals surface area contributed by atoms with Crippen LogP contribution in [-0.2, 0) is 0 Å². The summed E-state index contributed by atoms with van der Waals surface area (Å²) >= 11 is 18.5. The maximum Gasteiger partial charge on any atom is 0.460 e. The zero-order valence-electron chi connectivity index (χ0n) is 19.1. The first-order valence-corrected chi connectivity index (χ1v) is 18.4. The highest BCUT2D eigenvalue weighted by Crippen LogP contribution is 2.65. The van der Waals surface area contributed by atoms with Crippen LogP contribution >= 0.6 is 44.3 Å². The van der Waals surface area contributed by atoms with Crippen molar-refractivity contribution >= 4 is 59.1 Å². The van der Waals surface area contributed by atoms with E-state index in [2.05, 4.69) is 40.2 Å². The molecule has 0 aromatic heterocycles. The molecule has 0 amide bonds. The molecule has 0 bridgehead atoms. The molecule has 0 saturated heterocycles. The van der Waals surface area contributed by atoms with Gasteiger partial charge in [0, 0.05) is 0 Å². The normalized spacial score (nSPS) is 15.5. The molecule has 23 heteroatoms. The lowest BCUT2D eigenvalue weighted by atomic mass is 9.91. The van der Waals surface area contributed by atoms with Gasteiger partial charge in [-0.3, -0.25) is 0 Å². The van der Waals surface area contributed by atoms with E-state index in [1.807, 2.05) is 0 Å². The smallest absolute Gasteiger partial charge is 0.200 e. The molecule has 238 valence electrons. The second kappa shape index (κ2) is 13.8. The molecule has 0 spiro atoms. The maximum atomic E-state index is 13.2. The van der Waals surface area contributed by atoms with E-state index < -0.39 is 53.3 Å². The zero-order valence-corrected chi connectivity index (χ0v) is 24.5. The molecule has 0 heterocycles. The highest BCUT2D eigenvalue weighted by atomic mass is 35.8. The first kappa shape index (κ1) is 41.5. The first-order chi connectivity index (χ1) is 16.9. The van der Waals surface area contributed by atoms with Crippen molar-refractivity contribution < 1.29 is 74.6 Å². The van der Waals surface area contributed by atoms with E-state index in [9.17, 15) is 74.6 Å². The van der Waals surface area contributed by atoms with Crippen LogP contribution in [0.2, 0.25) is 6.04 Å². The van der Waals surface area contributed by atoms with E-state index in [4.69, 9.17) is 11.1 Å². The van der Waals surface area contributed by atoms with Crippen molar-refractivity contribution in [3.8, 4) is 0 Å². The predicted octanol–water partition coefficient (Wildman–Crippen LogP) is 10.3. The van der Waals surface area contributed by atoms with Gasteiger partial charge in [0.2, 0.25) is 0 Å². The molecule has 0 radical (unpaired) electrons. The van der Waals surface area contributed by atoms with Crippen molar-refractivity contribution in [1.29, 1.82) is 0 Å². The second-order valence-corrected chi connectivity index (χ2v) is 18.5. The summed E-state index contributed by atoms with van der Waals surface area (Å²) in [5.74, 6) is -50.5. The topological polar surface area (TPSA) is 0 Å². The molecule has 0 nitrogen and oxygen atoms in total. The highest BCUT2D eigenvalue weighted by molar-refractivity contribution is 7.65. The van der Waals surface area contributed by atoms with Crippen LogP contribution in [-0.4, -0.2) is 62.1 Å². The number of hydrogen-bond acceptors (Lipinski definition) is 0. The van der Waals surface area contributed by atoms with Crippen LogP contribution in [0.1, 0.15) is 45.4 Å². The van der Waals surface area contributed by atoms with E-state index >= 15 is 0 Å². The van der Waals surface area contributed by atoms with Gasteiger partial charge in [-0.1, -0.05) is 45.4 Å². The molecule has 0 N–H and O–H groups in total. The van der Waals surface area contributed by atoms with Gasteiger partial charge in [-0.15, -0.1) is 33.2 Å². The van der Waals surface area contributed by atoms with Crippen LogP contribution in [0, 0.1) is 0 Å². The Labute approximate surface area is 232 Å². The SMILES string of the molecule is CCCCCCCC[SiH2]Cl.FC(F)(F)C(F)(F)C(F)(F)C(F)(F)C(F)(F)C(F)(F)C(F)(F)C(F)(F)[Si](Cl)(Cl)Cl. The minimum Gasteiger partial charge on any atom is -0.200 e. The van der Waals surface area contributed by atoms with Gasteiger partial charge in [0.1, 0.15) is 8.83 Å². The number of rotatable bonds is 14. The Hall–Kier alpha value is 0.404. The largest absolute Gasteiger partial charge is 0.460 e. The summed E-state index contributed by atoms with van der Waals surface area (Å²) in [5, 5.41) is 0. The van der Waals surface area contributed by atoms with Gasteiger partial charge in [-0.05, 0) is 6.04 Å². The van der Waals surface area contributed by atoms with E-state index in [1.165, 1.54) is 44.6 Å². The Morgan fingerprint density at radius 1 is 0.487 bits per heavy atom. The van der Waals surface area contributed by atoms with Gasteiger partial charge in [0.25, 0.3) is 0 Å². The second-order valence-electron chi connectivity index (χ2n) is 7.83. The van der Waals surface area contributed by atoms with Crippen molar-refractivity contribution in [1.82, 2.24) is 0 Å². The third kappa shape index (κ3) is 8.07. The monoisotopic (exact) mass is 730 g/mol. The third-order valence-corrected chi connectivity index (χ3v) is 9.55. The van der Waals surface area contributed by atoms with Gasteiger partial charge in [-0.2, -0.15) is 85.7 Å².